The lowest BCUT2D eigenvalue weighted by molar-refractivity contribution is -0.139. The second kappa shape index (κ2) is 9.38. The largest absolute Gasteiger partial charge is 0.507 e. The van der Waals surface area contributed by atoms with E-state index in [9.17, 15) is 14.7 Å². The molecule has 0 radical (unpaired) electrons. The van der Waals surface area contributed by atoms with Crippen LogP contribution in [0.2, 0.25) is 0 Å². The number of aliphatic hydroxyl groups excluding tert-OH is 1. The molecule has 5 nitrogen and oxygen atoms in total. The fraction of sp³-hybridized carbons (Fsp3) is 0.385. The summed E-state index contributed by atoms with van der Waals surface area (Å²) >= 11 is 0. The fourth-order valence-corrected chi connectivity index (χ4v) is 3.83. The first-order valence-electron chi connectivity index (χ1n) is 10.9. The van der Waals surface area contributed by atoms with Crippen molar-refractivity contribution >= 4 is 17.4 Å². The number of ether oxygens (including phenoxy) is 1. The van der Waals surface area contributed by atoms with Gasteiger partial charge in [0.1, 0.15) is 11.5 Å². The van der Waals surface area contributed by atoms with Crippen molar-refractivity contribution in [2.45, 2.75) is 59.6 Å². The Bertz CT molecular complexity index is 1000. The molecule has 1 atom stereocenters. The molecule has 1 saturated heterocycles. The molecular weight excluding hydrogens is 390 g/mol. The molecule has 5 heteroatoms. The summed E-state index contributed by atoms with van der Waals surface area (Å²) in [4.78, 5) is 27.5. The molecule has 1 aliphatic heterocycles. The zero-order chi connectivity index (χ0) is 22.7. The number of ketones is 1. The highest BCUT2D eigenvalue weighted by Crippen LogP contribution is 2.40. The molecule has 2 aromatic carbocycles. The lowest BCUT2D eigenvalue weighted by Gasteiger charge is -2.25. The normalized spacial score (nSPS) is 18.1. The minimum Gasteiger partial charge on any atom is -0.507 e. The standard InChI is InChI=1S/C26H31NO4/c1-6-7-14-27-23(19-10-12-21(13-11-19)31-16(2)3)22(25(29)26(27)30)24(28)20-9-8-17(4)18(5)15-20/h8-13,15-16,23,28H,6-7,14H2,1-5H3/b24-22-. The minimum absolute atomic E-state index is 0.0471. The number of benzene rings is 2. The van der Waals surface area contributed by atoms with Gasteiger partial charge in [-0.15, -0.1) is 0 Å². The van der Waals surface area contributed by atoms with E-state index in [0.29, 0.717) is 12.1 Å². The highest BCUT2D eigenvalue weighted by molar-refractivity contribution is 6.46. The fourth-order valence-electron chi connectivity index (χ4n) is 3.83. The van der Waals surface area contributed by atoms with Crippen molar-refractivity contribution in [1.82, 2.24) is 4.90 Å². The molecule has 1 aliphatic rings. The van der Waals surface area contributed by atoms with Gasteiger partial charge < -0.3 is 14.7 Å². The number of hydrogen-bond acceptors (Lipinski definition) is 4. The van der Waals surface area contributed by atoms with Crippen LogP contribution in [0.3, 0.4) is 0 Å². The summed E-state index contributed by atoms with van der Waals surface area (Å²) in [6.45, 7) is 10.4. The predicted molar refractivity (Wildman–Crippen MR) is 122 cm³/mol. The molecule has 1 N–H and O–H groups in total. The van der Waals surface area contributed by atoms with E-state index in [1.165, 1.54) is 0 Å². The molecular formula is C26H31NO4. The number of carbonyl (C=O) groups is 2. The number of amides is 1. The van der Waals surface area contributed by atoms with E-state index >= 15 is 0 Å². The van der Waals surface area contributed by atoms with Crippen molar-refractivity contribution in [3.05, 3.63) is 70.3 Å². The van der Waals surface area contributed by atoms with Crippen LogP contribution in [-0.2, 0) is 9.59 Å². The van der Waals surface area contributed by atoms with E-state index in [1.54, 1.807) is 11.0 Å². The molecule has 3 rings (SSSR count). The number of nitrogens with zero attached hydrogens (tertiary/aromatic N) is 1. The average molecular weight is 422 g/mol. The van der Waals surface area contributed by atoms with E-state index < -0.39 is 17.7 Å². The van der Waals surface area contributed by atoms with Gasteiger partial charge in [-0.1, -0.05) is 37.6 Å². The SMILES string of the molecule is CCCCN1C(=O)C(=O)/C(=C(\O)c2ccc(C)c(C)c2)C1c1ccc(OC(C)C)cc1. The molecule has 0 saturated carbocycles. The summed E-state index contributed by atoms with van der Waals surface area (Å²) in [5.74, 6) is -0.614. The Kier molecular flexibility index (Phi) is 6.84. The number of hydrogen-bond donors (Lipinski definition) is 1. The van der Waals surface area contributed by atoms with Gasteiger partial charge in [0.2, 0.25) is 0 Å². The molecule has 164 valence electrons. The van der Waals surface area contributed by atoms with E-state index in [-0.39, 0.29) is 17.4 Å². The van der Waals surface area contributed by atoms with E-state index in [1.807, 2.05) is 71.0 Å². The van der Waals surface area contributed by atoms with Crippen LogP contribution < -0.4 is 4.74 Å². The van der Waals surface area contributed by atoms with E-state index in [4.69, 9.17) is 4.74 Å². The Labute approximate surface area is 184 Å². The number of unbranched alkanes of at least 4 members (excludes halogenated alkanes) is 1. The molecule has 0 spiro atoms. The zero-order valence-corrected chi connectivity index (χ0v) is 18.9. The molecule has 2 aromatic rings. The lowest BCUT2D eigenvalue weighted by Crippen LogP contribution is -2.30. The first-order valence-corrected chi connectivity index (χ1v) is 10.9. The molecule has 1 amide bonds. The maximum atomic E-state index is 13.0. The Hall–Kier alpha value is -3.08. The number of aryl methyl sites for hydroxylation is 2. The topological polar surface area (TPSA) is 66.8 Å². The smallest absolute Gasteiger partial charge is 0.295 e. The first-order chi connectivity index (χ1) is 14.7. The maximum Gasteiger partial charge on any atom is 0.295 e. The highest BCUT2D eigenvalue weighted by atomic mass is 16.5. The number of Topliss-reactive ketones (excluding diaryl/α,β-unsaturated/α-hetero) is 1. The van der Waals surface area contributed by atoms with Gasteiger partial charge in [0.15, 0.2) is 0 Å². The van der Waals surface area contributed by atoms with E-state index in [0.717, 1.165) is 35.3 Å². The molecule has 0 bridgehead atoms. The van der Waals surface area contributed by atoms with Crippen LogP contribution in [-0.4, -0.2) is 34.3 Å². The van der Waals surface area contributed by atoms with Crippen LogP contribution in [0.1, 0.15) is 61.9 Å². The Morgan fingerprint density at radius 3 is 2.32 bits per heavy atom. The number of likely N-dealkylation sites (tertiary alicyclic amines) is 1. The van der Waals surface area contributed by atoms with Crippen molar-refractivity contribution in [2.75, 3.05) is 6.54 Å². The first kappa shape index (κ1) is 22.6. The summed E-state index contributed by atoms with van der Waals surface area (Å²) in [7, 11) is 0. The van der Waals surface area contributed by atoms with Crippen LogP contribution in [0.15, 0.2) is 48.0 Å². The van der Waals surface area contributed by atoms with Crippen molar-refractivity contribution in [2.24, 2.45) is 0 Å². The van der Waals surface area contributed by atoms with Gasteiger partial charge in [0.05, 0.1) is 17.7 Å². The summed E-state index contributed by atoms with van der Waals surface area (Å²) in [5.41, 5.74) is 3.56. The number of carbonyl (C=O) groups excluding carboxylic acids is 2. The Morgan fingerprint density at radius 1 is 1.06 bits per heavy atom. The monoisotopic (exact) mass is 421 g/mol. The third-order valence-electron chi connectivity index (χ3n) is 5.64. The van der Waals surface area contributed by atoms with Crippen LogP contribution in [0.25, 0.3) is 5.76 Å². The quantitative estimate of drug-likeness (QED) is 0.374. The number of rotatable bonds is 7. The van der Waals surface area contributed by atoms with Gasteiger partial charge in [-0.2, -0.15) is 0 Å². The molecule has 1 unspecified atom stereocenters. The van der Waals surface area contributed by atoms with Gasteiger partial charge in [-0.25, -0.2) is 0 Å². The second-order valence-electron chi connectivity index (χ2n) is 8.38. The van der Waals surface area contributed by atoms with Crippen molar-refractivity contribution < 1.29 is 19.4 Å². The van der Waals surface area contributed by atoms with Crippen LogP contribution in [0, 0.1) is 13.8 Å². The van der Waals surface area contributed by atoms with Gasteiger partial charge >= 0.3 is 0 Å². The summed E-state index contributed by atoms with van der Waals surface area (Å²) in [6, 6.07) is 12.3. The van der Waals surface area contributed by atoms with Gasteiger partial charge in [0, 0.05) is 12.1 Å². The van der Waals surface area contributed by atoms with Crippen molar-refractivity contribution in [3.63, 3.8) is 0 Å². The summed E-state index contributed by atoms with van der Waals surface area (Å²) in [6.07, 6.45) is 1.72. The zero-order valence-electron chi connectivity index (χ0n) is 18.9. The molecule has 1 fully saturated rings. The minimum atomic E-state index is -0.640. The maximum absolute atomic E-state index is 13.0. The third-order valence-corrected chi connectivity index (χ3v) is 5.64. The van der Waals surface area contributed by atoms with Gasteiger partial charge in [0.25, 0.3) is 11.7 Å². The van der Waals surface area contributed by atoms with Crippen molar-refractivity contribution in [1.29, 1.82) is 0 Å². The molecule has 1 heterocycles. The van der Waals surface area contributed by atoms with Crippen molar-refractivity contribution in [3.8, 4) is 5.75 Å². The van der Waals surface area contributed by atoms with Crippen LogP contribution in [0.4, 0.5) is 0 Å². The van der Waals surface area contributed by atoms with Crippen LogP contribution >= 0.6 is 0 Å². The average Bonchev–Trinajstić information content (AvgIpc) is 2.98. The van der Waals surface area contributed by atoms with Gasteiger partial charge in [-0.05, 0) is 69.0 Å². The molecule has 0 aromatic heterocycles. The molecule has 0 aliphatic carbocycles. The lowest BCUT2D eigenvalue weighted by atomic mass is 9.94. The molecule has 31 heavy (non-hydrogen) atoms. The number of aliphatic hydroxyl groups is 1. The van der Waals surface area contributed by atoms with Crippen LogP contribution in [0.5, 0.6) is 5.75 Å². The second-order valence-corrected chi connectivity index (χ2v) is 8.38. The summed E-state index contributed by atoms with van der Waals surface area (Å²) in [5, 5.41) is 11.1. The third kappa shape index (κ3) is 4.66. The predicted octanol–water partition coefficient (Wildman–Crippen LogP) is 5.31. The van der Waals surface area contributed by atoms with E-state index in [2.05, 4.69) is 0 Å². The summed E-state index contributed by atoms with van der Waals surface area (Å²) < 4.78 is 5.72. The highest BCUT2D eigenvalue weighted by Gasteiger charge is 2.45. The Morgan fingerprint density at radius 2 is 1.74 bits per heavy atom. The Balaban J connectivity index is 2.11. The van der Waals surface area contributed by atoms with Gasteiger partial charge in [-0.3, -0.25) is 9.59 Å².